The van der Waals surface area contributed by atoms with Crippen LogP contribution in [-0.4, -0.2) is 4.98 Å². The summed E-state index contributed by atoms with van der Waals surface area (Å²) < 4.78 is 6.55. The Kier molecular flexibility index (Phi) is 7.49. The topological polar surface area (TPSA) is 29.3 Å². The summed E-state index contributed by atoms with van der Waals surface area (Å²) in [4.78, 5) is 7.08. The van der Waals surface area contributed by atoms with Gasteiger partial charge in [-0.1, -0.05) is 152 Å². The van der Waals surface area contributed by atoms with Gasteiger partial charge in [0, 0.05) is 22.8 Å². The van der Waals surface area contributed by atoms with Gasteiger partial charge in [0.15, 0.2) is 5.58 Å². The molecule has 3 heteroatoms. The second kappa shape index (κ2) is 12.7. The highest BCUT2D eigenvalue weighted by Gasteiger charge is 2.22. The van der Waals surface area contributed by atoms with Crippen molar-refractivity contribution < 1.29 is 4.42 Å². The fourth-order valence-electron chi connectivity index (χ4n) is 6.85. The van der Waals surface area contributed by atoms with Crippen molar-refractivity contribution in [2.45, 2.75) is 0 Å². The van der Waals surface area contributed by atoms with Crippen LogP contribution in [0.2, 0.25) is 0 Å². The highest BCUT2D eigenvalue weighted by molar-refractivity contribution is 6.08. The SMILES string of the molecule is c1ccc(-c2ccc(-c3ccc(N(c4ccccc4-c4ccc(-c5ccccc5)cc4)c4ccnc5c4oc4ccccc45)cc3)cc2)cc1. The van der Waals surface area contributed by atoms with Crippen molar-refractivity contribution >= 4 is 39.1 Å². The molecule has 0 radical (unpaired) electrons. The summed E-state index contributed by atoms with van der Waals surface area (Å²) in [6.07, 6.45) is 1.88. The van der Waals surface area contributed by atoms with Gasteiger partial charge in [0.2, 0.25) is 0 Å². The third-order valence-electron chi connectivity index (χ3n) is 9.38. The molecule has 0 bridgehead atoms. The second-order valence-corrected chi connectivity index (χ2v) is 12.4. The van der Waals surface area contributed by atoms with E-state index in [-0.39, 0.29) is 0 Å². The molecule has 0 amide bonds. The Morgan fingerprint density at radius 1 is 0.380 bits per heavy atom. The van der Waals surface area contributed by atoms with Crippen molar-refractivity contribution in [3.05, 3.63) is 194 Å². The van der Waals surface area contributed by atoms with Gasteiger partial charge in [-0.3, -0.25) is 4.98 Å². The number of fused-ring (bicyclic) bond motifs is 3. The summed E-state index contributed by atoms with van der Waals surface area (Å²) in [6.45, 7) is 0. The zero-order valence-electron chi connectivity index (χ0n) is 27.3. The first-order chi connectivity index (χ1) is 24.8. The predicted octanol–water partition coefficient (Wildman–Crippen LogP) is 13.1. The molecule has 2 aromatic heterocycles. The van der Waals surface area contributed by atoms with Crippen molar-refractivity contribution in [1.82, 2.24) is 4.98 Å². The Hall–Kier alpha value is -6.71. The molecule has 3 nitrogen and oxygen atoms in total. The first-order valence-corrected chi connectivity index (χ1v) is 16.9. The van der Waals surface area contributed by atoms with E-state index in [1.807, 2.05) is 30.5 Å². The van der Waals surface area contributed by atoms with E-state index < -0.39 is 0 Å². The molecular formula is C47H32N2O. The highest BCUT2D eigenvalue weighted by Crippen LogP contribution is 2.45. The van der Waals surface area contributed by atoms with Gasteiger partial charge in [-0.05, 0) is 75.3 Å². The van der Waals surface area contributed by atoms with Gasteiger partial charge in [-0.15, -0.1) is 0 Å². The van der Waals surface area contributed by atoms with Gasteiger partial charge in [0.25, 0.3) is 0 Å². The third-order valence-corrected chi connectivity index (χ3v) is 9.38. The number of hydrogen-bond acceptors (Lipinski definition) is 3. The Bertz CT molecular complexity index is 2550. The summed E-state index contributed by atoms with van der Waals surface area (Å²) in [5, 5.41) is 1.00. The van der Waals surface area contributed by atoms with Crippen molar-refractivity contribution in [3.63, 3.8) is 0 Å². The molecule has 0 unspecified atom stereocenters. The van der Waals surface area contributed by atoms with Crippen molar-refractivity contribution in [3.8, 4) is 44.5 Å². The van der Waals surface area contributed by atoms with Gasteiger partial charge >= 0.3 is 0 Å². The summed E-state index contributed by atoms with van der Waals surface area (Å²) >= 11 is 0. The minimum atomic E-state index is 0.753. The first-order valence-electron chi connectivity index (χ1n) is 16.9. The number of rotatable bonds is 7. The molecule has 2 heterocycles. The van der Waals surface area contributed by atoms with Crippen molar-refractivity contribution in [2.24, 2.45) is 0 Å². The number of aromatic nitrogens is 1. The lowest BCUT2D eigenvalue weighted by atomic mass is 9.98. The van der Waals surface area contributed by atoms with E-state index in [0.29, 0.717) is 0 Å². The number of hydrogen-bond donors (Lipinski definition) is 0. The minimum Gasteiger partial charge on any atom is -0.452 e. The standard InChI is InChI=1S/C47H32N2O/c1-3-11-33(12-4-1)35-19-21-37(22-20-35)38-27-29-40(30-28-38)49(44-31-32-48-46-42-16-8-10-18-45(42)50-47(44)46)43-17-9-7-15-41(43)39-25-23-36(24-26-39)34-13-5-2-6-14-34/h1-32H. The summed E-state index contributed by atoms with van der Waals surface area (Å²) in [5.41, 5.74) is 14.8. The van der Waals surface area contributed by atoms with E-state index in [2.05, 4.69) is 169 Å². The van der Waals surface area contributed by atoms with E-state index in [1.54, 1.807) is 0 Å². The maximum Gasteiger partial charge on any atom is 0.177 e. The van der Waals surface area contributed by atoms with E-state index >= 15 is 0 Å². The smallest absolute Gasteiger partial charge is 0.177 e. The molecule has 7 aromatic carbocycles. The van der Waals surface area contributed by atoms with E-state index in [0.717, 1.165) is 55.8 Å². The lowest BCUT2D eigenvalue weighted by molar-refractivity contribution is 0.668. The molecule has 0 fully saturated rings. The maximum atomic E-state index is 6.55. The monoisotopic (exact) mass is 640 g/mol. The number of pyridine rings is 1. The molecule has 236 valence electrons. The second-order valence-electron chi connectivity index (χ2n) is 12.4. The van der Waals surface area contributed by atoms with Crippen LogP contribution in [0.5, 0.6) is 0 Å². The van der Waals surface area contributed by atoms with Crippen LogP contribution in [0.1, 0.15) is 0 Å². The van der Waals surface area contributed by atoms with Crippen molar-refractivity contribution in [1.29, 1.82) is 0 Å². The molecule has 0 N–H and O–H groups in total. The normalized spacial score (nSPS) is 11.2. The number of para-hydroxylation sites is 2. The molecule has 9 rings (SSSR count). The number of benzene rings is 7. The average Bonchev–Trinajstić information content (AvgIpc) is 3.59. The zero-order chi connectivity index (χ0) is 33.3. The number of nitrogens with zero attached hydrogens (tertiary/aromatic N) is 2. The third kappa shape index (κ3) is 5.41. The molecule has 0 aliphatic heterocycles. The molecule has 0 spiro atoms. The fourth-order valence-corrected chi connectivity index (χ4v) is 6.85. The lowest BCUT2D eigenvalue weighted by Crippen LogP contribution is -2.11. The largest absolute Gasteiger partial charge is 0.452 e. The maximum absolute atomic E-state index is 6.55. The molecule has 0 aliphatic rings. The first kappa shape index (κ1) is 29.4. The molecule has 0 aliphatic carbocycles. The molecule has 0 saturated carbocycles. The number of anilines is 3. The average molecular weight is 641 g/mol. The van der Waals surface area contributed by atoms with Crippen LogP contribution < -0.4 is 4.90 Å². The van der Waals surface area contributed by atoms with Crippen LogP contribution in [0.15, 0.2) is 199 Å². The molecule has 9 aromatic rings. The Morgan fingerprint density at radius 3 is 1.48 bits per heavy atom. The molecule has 0 atom stereocenters. The van der Waals surface area contributed by atoms with Gasteiger partial charge in [-0.25, -0.2) is 0 Å². The van der Waals surface area contributed by atoms with Crippen molar-refractivity contribution in [2.75, 3.05) is 4.90 Å². The van der Waals surface area contributed by atoms with Gasteiger partial charge in [0.05, 0.1) is 11.4 Å². The number of furan rings is 1. The fraction of sp³-hybridized carbons (Fsp3) is 0. The molecule has 0 saturated heterocycles. The predicted molar refractivity (Wildman–Crippen MR) is 208 cm³/mol. The Labute approximate surface area is 291 Å². The van der Waals surface area contributed by atoms with E-state index in [9.17, 15) is 0 Å². The summed E-state index contributed by atoms with van der Waals surface area (Å²) in [6, 6.07) is 66.2. The highest BCUT2D eigenvalue weighted by atomic mass is 16.3. The van der Waals surface area contributed by atoms with E-state index in [1.165, 1.54) is 27.8 Å². The van der Waals surface area contributed by atoms with Crippen LogP contribution in [0.25, 0.3) is 66.6 Å². The summed E-state index contributed by atoms with van der Waals surface area (Å²) in [7, 11) is 0. The Morgan fingerprint density at radius 2 is 0.860 bits per heavy atom. The van der Waals surface area contributed by atoms with E-state index in [4.69, 9.17) is 9.40 Å². The summed E-state index contributed by atoms with van der Waals surface area (Å²) in [5.74, 6) is 0. The minimum absolute atomic E-state index is 0.753. The van der Waals surface area contributed by atoms with Crippen LogP contribution in [0, 0.1) is 0 Å². The van der Waals surface area contributed by atoms with Gasteiger partial charge < -0.3 is 9.32 Å². The quantitative estimate of drug-likeness (QED) is 0.174. The van der Waals surface area contributed by atoms with Crippen LogP contribution in [-0.2, 0) is 0 Å². The van der Waals surface area contributed by atoms with Crippen LogP contribution >= 0.6 is 0 Å². The molecular weight excluding hydrogens is 609 g/mol. The van der Waals surface area contributed by atoms with Crippen LogP contribution in [0.4, 0.5) is 17.1 Å². The van der Waals surface area contributed by atoms with Crippen LogP contribution in [0.3, 0.4) is 0 Å². The Balaban J connectivity index is 1.16. The van der Waals surface area contributed by atoms with Gasteiger partial charge in [-0.2, -0.15) is 0 Å². The van der Waals surface area contributed by atoms with Gasteiger partial charge in [0.1, 0.15) is 11.1 Å². The zero-order valence-corrected chi connectivity index (χ0v) is 27.3. The lowest BCUT2D eigenvalue weighted by Gasteiger charge is -2.28. The molecule has 50 heavy (non-hydrogen) atoms.